The molecule has 1 saturated heterocycles. The molecule has 9 heteroatoms. The fourth-order valence-corrected chi connectivity index (χ4v) is 5.39. The summed E-state index contributed by atoms with van der Waals surface area (Å²) < 4.78 is 26.4. The first-order valence-corrected chi connectivity index (χ1v) is 11.8. The van der Waals surface area contributed by atoms with Gasteiger partial charge in [-0.15, -0.1) is 0 Å². The molecule has 2 heterocycles. The number of carbonyl (C=O) groups is 1. The van der Waals surface area contributed by atoms with Crippen LogP contribution in [-0.2, 0) is 10.0 Å². The van der Waals surface area contributed by atoms with Crippen LogP contribution in [0.3, 0.4) is 0 Å². The van der Waals surface area contributed by atoms with Gasteiger partial charge in [-0.2, -0.15) is 4.31 Å². The number of hydrogen-bond acceptors (Lipinski definition) is 6. The summed E-state index contributed by atoms with van der Waals surface area (Å²) in [7, 11) is -3.40. The SMILES string of the molecule is NC(=O)c1cnc(Nc2ccc(S(=O)(=O)N3CCC3)cc2)cc1NCC1CCCC1. The summed E-state index contributed by atoms with van der Waals surface area (Å²) >= 11 is 0. The second-order valence-corrected chi connectivity index (χ2v) is 9.86. The molecular weight excluding hydrogens is 402 g/mol. The van der Waals surface area contributed by atoms with Crippen LogP contribution in [0.5, 0.6) is 0 Å². The van der Waals surface area contributed by atoms with Crippen molar-refractivity contribution in [3.63, 3.8) is 0 Å². The molecule has 1 saturated carbocycles. The van der Waals surface area contributed by atoms with Gasteiger partial charge in [0.15, 0.2) is 0 Å². The Labute approximate surface area is 176 Å². The van der Waals surface area contributed by atoms with Crippen molar-refractivity contribution in [2.45, 2.75) is 37.0 Å². The molecule has 0 atom stereocenters. The zero-order chi connectivity index (χ0) is 21.1. The van der Waals surface area contributed by atoms with Crippen LogP contribution in [0, 0.1) is 5.92 Å². The summed E-state index contributed by atoms with van der Waals surface area (Å²) in [4.78, 5) is 16.3. The fraction of sp³-hybridized carbons (Fsp3) is 0.429. The molecule has 1 aromatic carbocycles. The van der Waals surface area contributed by atoms with Gasteiger partial charge in [-0.3, -0.25) is 4.79 Å². The van der Waals surface area contributed by atoms with Crippen LogP contribution in [0.25, 0.3) is 0 Å². The predicted octanol–water partition coefficient (Wildman–Crippen LogP) is 2.92. The van der Waals surface area contributed by atoms with Crippen molar-refractivity contribution in [2.75, 3.05) is 30.3 Å². The van der Waals surface area contributed by atoms with Gasteiger partial charge in [0.1, 0.15) is 5.82 Å². The van der Waals surface area contributed by atoms with Crippen molar-refractivity contribution in [3.8, 4) is 0 Å². The quantitative estimate of drug-likeness (QED) is 0.594. The highest BCUT2D eigenvalue weighted by atomic mass is 32.2. The average Bonchev–Trinajstić information content (AvgIpc) is 3.18. The van der Waals surface area contributed by atoms with E-state index in [0.717, 1.165) is 13.0 Å². The zero-order valence-electron chi connectivity index (χ0n) is 16.8. The number of aromatic nitrogens is 1. The predicted molar refractivity (Wildman–Crippen MR) is 116 cm³/mol. The van der Waals surface area contributed by atoms with E-state index in [0.29, 0.717) is 41.8 Å². The van der Waals surface area contributed by atoms with Crippen LogP contribution in [0.1, 0.15) is 42.5 Å². The summed E-state index contributed by atoms with van der Waals surface area (Å²) in [5.74, 6) is 0.631. The minimum atomic E-state index is -3.40. The van der Waals surface area contributed by atoms with Crippen molar-refractivity contribution < 1.29 is 13.2 Å². The smallest absolute Gasteiger partial charge is 0.252 e. The third kappa shape index (κ3) is 4.41. The molecule has 160 valence electrons. The molecule has 1 aliphatic heterocycles. The molecular formula is C21H27N5O3S. The summed E-state index contributed by atoms with van der Waals surface area (Å²) in [5.41, 5.74) is 7.22. The maximum atomic E-state index is 12.5. The number of benzene rings is 1. The Bertz CT molecular complexity index is 1010. The number of amides is 1. The molecule has 4 rings (SSSR count). The summed E-state index contributed by atoms with van der Waals surface area (Å²) in [5, 5.41) is 6.51. The van der Waals surface area contributed by atoms with E-state index >= 15 is 0 Å². The Morgan fingerprint density at radius 3 is 2.43 bits per heavy atom. The Kier molecular flexibility index (Phi) is 5.92. The minimum absolute atomic E-state index is 0.281. The Hall–Kier alpha value is -2.65. The highest BCUT2D eigenvalue weighted by Crippen LogP contribution is 2.28. The van der Waals surface area contributed by atoms with Gasteiger partial charge in [-0.1, -0.05) is 12.8 Å². The molecule has 8 nitrogen and oxygen atoms in total. The summed E-state index contributed by atoms with van der Waals surface area (Å²) in [6, 6.07) is 8.36. The van der Waals surface area contributed by atoms with Gasteiger partial charge < -0.3 is 16.4 Å². The molecule has 2 aromatic rings. The number of sulfonamides is 1. The topological polar surface area (TPSA) is 117 Å². The lowest BCUT2D eigenvalue weighted by molar-refractivity contribution is 0.100. The molecule has 2 aliphatic rings. The van der Waals surface area contributed by atoms with Gasteiger partial charge in [-0.25, -0.2) is 13.4 Å². The first-order valence-electron chi connectivity index (χ1n) is 10.3. The van der Waals surface area contributed by atoms with Crippen molar-refractivity contribution in [1.29, 1.82) is 0 Å². The second kappa shape index (κ2) is 8.61. The van der Waals surface area contributed by atoms with E-state index in [1.165, 1.54) is 36.2 Å². The number of rotatable bonds is 8. The highest BCUT2D eigenvalue weighted by Gasteiger charge is 2.29. The minimum Gasteiger partial charge on any atom is -0.384 e. The van der Waals surface area contributed by atoms with Gasteiger partial charge in [0.05, 0.1) is 16.1 Å². The maximum absolute atomic E-state index is 12.5. The van der Waals surface area contributed by atoms with E-state index in [-0.39, 0.29) is 4.90 Å². The van der Waals surface area contributed by atoms with Crippen LogP contribution in [0.4, 0.5) is 17.2 Å². The van der Waals surface area contributed by atoms with Gasteiger partial charge in [-0.05, 0) is 49.4 Å². The van der Waals surface area contributed by atoms with Crippen LogP contribution in [-0.4, -0.2) is 43.2 Å². The zero-order valence-corrected chi connectivity index (χ0v) is 17.6. The molecule has 2 fully saturated rings. The van der Waals surface area contributed by atoms with Gasteiger partial charge in [0, 0.05) is 37.6 Å². The number of nitrogens with one attached hydrogen (secondary N) is 2. The molecule has 0 radical (unpaired) electrons. The third-order valence-corrected chi connectivity index (χ3v) is 7.72. The monoisotopic (exact) mass is 429 g/mol. The number of pyridine rings is 1. The largest absolute Gasteiger partial charge is 0.384 e. The van der Waals surface area contributed by atoms with E-state index in [1.54, 1.807) is 30.3 Å². The van der Waals surface area contributed by atoms with E-state index < -0.39 is 15.9 Å². The Balaban J connectivity index is 1.48. The lowest BCUT2D eigenvalue weighted by Gasteiger charge is -2.29. The summed E-state index contributed by atoms with van der Waals surface area (Å²) in [6.45, 7) is 1.96. The maximum Gasteiger partial charge on any atom is 0.252 e. The van der Waals surface area contributed by atoms with E-state index in [1.807, 2.05) is 0 Å². The molecule has 4 N–H and O–H groups in total. The fourth-order valence-electron chi connectivity index (χ4n) is 3.87. The normalized spacial score (nSPS) is 17.5. The van der Waals surface area contributed by atoms with Crippen molar-refractivity contribution >= 4 is 33.1 Å². The first-order chi connectivity index (χ1) is 14.4. The molecule has 0 unspecified atom stereocenters. The number of primary amides is 1. The number of anilines is 3. The van der Waals surface area contributed by atoms with Gasteiger partial charge >= 0.3 is 0 Å². The van der Waals surface area contributed by atoms with Crippen molar-refractivity contribution in [3.05, 3.63) is 42.1 Å². The molecule has 1 amide bonds. The number of hydrogen-bond donors (Lipinski definition) is 3. The lowest BCUT2D eigenvalue weighted by Crippen LogP contribution is -2.41. The van der Waals surface area contributed by atoms with Crippen molar-refractivity contribution in [2.24, 2.45) is 11.7 Å². The van der Waals surface area contributed by atoms with Crippen LogP contribution >= 0.6 is 0 Å². The highest BCUT2D eigenvalue weighted by molar-refractivity contribution is 7.89. The summed E-state index contributed by atoms with van der Waals surface area (Å²) in [6.07, 6.45) is 7.26. The van der Waals surface area contributed by atoms with Gasteiger partial charge in [0.25, 0.3) is 5.91 Å². The van der Waals surface area contributed by atoms with Gasteiger partial charge in [0.2, 0.25) is 10.0 Å². The van der Waals surface area contributed by atoms with E-state index in [9.17, 15) is 13.2 Å². The van der Waals surface area contributed by atoms with E-state index in [4.69, 9.17) is 5.73 Å². The Morgan fingerprint density at radius 1 is 1.13 bits per heavy atom. The number of nitrogens with zero attached hydrogens (tertiary/aromatic N) is 2. The van der Waals surface area contributed by atoms with E-state index in [2.05, 4.69) is 15.6 Å². The Morgan fingerprint density at radius 2 is 1.83 bits per heavy atom. The lowest BCUT2D eigenvalue weighted by atomic mass is 10.1. The van der Waals surface area contributed by atoms with Crippen molar-refractivity contribution in [1.82, 2.24) is 9.29 Å². The number of nitrogens with two attached hydrogens (primary N) is 1. The average molecular weight is 430 g/mol. The molecule has 1 aromatic heterocycles. The third-order valence-electron chi connectivity index (χ3n) is 5.80. The molecule has 0 spiro atoms. The number of carbonyl (C=O) groups excluding carboxylic acids is 1. The van der Waals surface area contributed by atoms with Crippen LogP contribution < -0.4 is 16.4 Å². The standard InChI is InChI=1S/C21H27N5O3S/c22-21(27)18-14-24-20(12-19(18)23-13-15-4-1-2-5-15)25-16-6-8-17(9-7-16)30(28,29)26-10-3-11-26/h6-9,12,14-15H,1-5,10-11,13H2,(H2,22,27)(H2,23,24,25). The molecule has 0 bridgehead atoms. The second-order valence-electron chi connectivity index (χ2n) is 7.92. The first kappa shape index (κ1) is 20.6. The van der Waals surface area contributed by atoms with Crippen LogP contribution in [0.15, 0.2) is 41.4 Å². The van der Waals surface area contributed by atoms with Crippen LogP contribution in [0.2, 0.25) is 0 Å². The molecule has 30 heavy (non-hydrogen) atoms. The molecule has 1 aliphatic carbocycles.